The molecule has 1 fully saturated rings. The van der Waals surface area contributed by atoms with Gasteiger partial charge in [0, 0.05) is 31.1 Å². The van der Waals surface area contributed by atoms with E-state index in [2.05, 4.69) is 39.9 Å². The van der Waals surface area contributed by atoms with Crippen LogP contribution in [0.4, 0.5) is 10.1 Å². The van der Waals surface area contributed by atoms with E-state index in [1.807, 2.05) is 18.2 Å². The number of pyridine rings is 1. The maximum Gasteiger partial charge on any atom is 0.223 e. The van der Waals surface area contributed by atoms with E-state index in [0.717, 1.165) is 48.3 Å². The minimum atomic E-state index is -0.265. The number of aromatic nitrogens is 1. The Morgan fingerprint density at radius 2 is 1.79 bits per heavy atom. The van der Waals surface area contributed by atoms with Crippen LogP contribution >= 0.6 is 23.7 Å². The summed E-state index contributed by atoms with van der Waals surface area (Å²) < 4.78 is 14.3. The van der Waals surface area contributed by atoms with Gasteiger partial charge in [-0.3, -0.25) is 4.79 Å². The van der Waals surface area contributed by atoms with Crippen molar-refractivity contribution in [3.8, 4) is 11.3 Å². The number of nitrogens with one attached hydrogen (secondary N) is 1. The first-order valence-corrected chi connectivity index (χ1v) is 11.8. The Labute approximate surface area is 202 Å². The summed E-state index contributed by atoms with van der Waals surface area (Å²) in [4.78, 5) is 19.9. The Kier molecular flexibility index (Phi) is 7.26. The van der Waals surface area contributed by atoms with Gasteiger partial charge < -0.3 is 10.2 Å². The molecule has 0 unspecified atom stereocenters. The summed E-state index contributed by atoms with van der Waals surface area (Å²) >= 11 is 1.72. The third kappa shape index (κ3) is 5.18. The van der Waals surface area contributed by atoms with Gasteiger partial charge >= 0.3 is 0 Å². The molecule has 1 aliphatic rings. The number of hydrogen-bond donors (Lipinski definition) is 1. The molecule has 33 heavy (non-hydrogen) atoms. The molecule has 5 rings (SSSR count). The van der Waals surface area contributed by atoms with Gasteiger partial charge in [-0.05, 0) is 48.1 Å². The van der Waals surface area contributed by atoms with Gasteiger partial charge in [-0.1, -0.05) is 42.5 Å². The van der Waals surface area contributed by atoms with Crippen molar-refractivity contribution >= 4 is 45.6 Å². The number of anilines is 1. The Morgan fingerprint density at radius 3 is 2.52 bits per heavy atom. The zero-order chi connectivity index (χ0) is 21.9. The largest absolute Gasteiger partial charge is 0.370 e. The normalized spacial score (nSPS) is 14.2. The van der Waals surface area contributed by atoms with Gasteiger partial charge in [0.1, 0.15) is 5.82 Å². The molecule has 2 aromatic carbocycles. The highest BCUT2D eigenvalue weighted by Gasteiger charge is 2.26. The SMILES string of the molecule is Cl.O=C(NCc1ccc(F)cc1)C1CCN(c2cc(-c3ccccc3)nc3ccsc23)CC1. The first kappa shape index (κ1) is 23.2. The van der Waals surface area contributed by atoms with Crippen molar-refractivity contribution in [2.45, 2.75) is 19.4 Å². The van der Waals surface area contributed by atoms with E-state index in [4.69, 9.17) is 4.98 Å². The van der Waals surface area contributed by atoms with Gasteiger partial charge in [0.05, 0.1) is 21.6 Å². The lowest BCUT2D eigenvalue weighted by molar-refractivity contribution is -0.125. The number of benzene rings is 2. The van der Waals surface area contributed by atoms with Crippen molar-refractivity contribution in [2.75, 3.05) is 18.0 Å². The van der Waals surface area contributed by atoms with Crippen molar-refractivity contribution in [3.05, 3.63) is 83.5 Å². The summed E-state index contributed by atoms with van der Waals surface area (Å²) in [7, 11) is 0. The molecule has 7 heteroatoms. The molecule has 3 heterocycles. The van der Waals surface area contributed by atoms with E-state index in [9.17, 15) is 9.18 Å². The van der Waals surface area contributed by atoms with Crippen LogP contribution in [0.25, 0.3) is 21.5 Å². The zero-order valence-electron chi connectivity index (χ0n) is 18.0. The first-order chi connectivity index (χ1) is 15.7. The summed E-state index contributed by atoms with van der Waals surface area (Å²) in [6, 6.07) is 20.8. The van der Waals surface area contributed by atoms with Crippen LogP contribution in [0.2, 0.25) is 0 Å². The highest BCUT2D eigenvalue weighted by Crippen LogP contribution is 2.36. The highest BCUT2D eigenvalue weighted by molar-refractivity contribution is 7.17. The van der Waals surface area contributed by atoms with Crippen molar-refractivity contribution in [1.82, 2.24) is 10.3 Å². The van der Waals surface area contributed by atoms with E-state index >= 15 is 0 Å². The van der Waals surface area contributed by atoms with Gasteiger partial charge in [0.15, 0.2) is 0 Å². The van der Waals surface area contributed by atoms with Crippen LogP contribution in [-0.2, 0) is 11.3 Å². The molecule has 4 aromatic rings. The molecule has 2 aromatic heterocycles. The Morgan fingerprint density at radius 1 is 1.06 bits per heavy atom. The van der Waals surface area contributed by atoms with Gasteiger partial charge in [-0.15, -0.1) is 23.7 Å². The number of rotatable bonds is 5. The standard InChI is InChI=1S/C26H24FN3OS.ClH/c27-21-8-6-18(7-9-21)17-28-26(31)20-10-13-30(14-11-20)24-16-23(19-4-2-1-3-5-19)29-22-12-15-32-25(22)24;/h1-9,12,15-16,20H,10-11,13-14,17H2,(H,28,31);1H. The molecule has 0 saturated carbocycles. The fourth-order valence-electron chi connectivity index (χ4n) is 4.25. The van der Waals surface area contributed by atoms with Crippen LogP contribution in [0.5, 0.6) is 0 Å². The van der Waals surface area contributed by atoms with Crippen molar-refractivity contribution < 1.29 is 9.18 Å². The fourth-order valence-corrected chi connectivity index (χ4v) is 5.13. The Balaban J connectivity index is 0.00000259. The molecule has 1 amide bonds. The number of carbonyl (C=O) groups is 1. The molecular formula is C26H25ClFN3OS. The van der Waals surface area contributed by atoms with Crippen molar-refractivity contribution in [3.63, 3.8) is 0 Å². The predicted molar refractivity (Wildman–Crippen MR) is 135 cm³/mol. The maximum atomic E-state index is 13.1. The molecule has 0 atom stereocenters. The molecule has 0 spiro atoms. The van der Waals surface area contributed by atoms with Crippen LogP contribution in [0.3, 0.4) is 0 Å². The Hall–Kier alpha value is -2.96. The summed E-state index contributed by atoms with van der Waals surface area (Å²) in [6.45, 7) is 2.10. The first-order valence-electron chi connectivity index (χ1n) is 10.9. The monoisotopic (exact) mass is 481 g/mol. The number of carbonyl (C=O) groups excluding carboxylic acids is 1. The van der Waals surface area contributed by atoms with Gasteiger partial charge in [0.2, 0.25) is 5.91 Å². The molecule has 1 saturated heterocycles. The summed E-state index contributed by atoms with van der Waals surface area (Å²) in [6.07, 6.45) is 1.62. The predicted octanol–water partition coefficient (Wildman–Crippen LogP) is 6.06. The molecule has 0 radical (unpaired) electrons. The molecule has 4 nitrogen and oxygen atoms in total. The van der Waals surface area contributed by atoms with E-state index in [-0.39, 0.29) is 30.0 Å². The number of halogens is 2. The van der Waals surface area contributed by atoms with Crippen molar-refractivity contribution in [1.29, 1.82) is 0 Å². The summed E-state index contributed by atoms with van der Waals surface area (Å²) in [5.41, 5.74) is 5.21. The summed E-state index contributed by atoms with van der Waals surface area (Å²) in [5, 5.41) is 5.10. The van der Waals surface area contributed by atoms with Crippen LogP contribution in [0, 0.1) is 11.7 Å². The number of thiophene rings is 1. The Bertz CT molecular complexity index is 1220. The second kappa shape index (κ2) is 10.3. The van der Waals surface area contributed by atoms with Gasteiger partial charge in [-0.2, -0.15) is 0 Å². The van der Waals surface area contributed by atoms with Gasteiger partial charge in [0.25, 0.3) is 0 Å². The maximum absolute atomic E-state index is 13.1. The molecule has 170 valence electrons. The molecule has 0 aliphatic carbocycles. The highest BCUT2D eigenvalue weighted by atomic mass is 35.5. The minimum absolute atomic E-state index is 0. The third-order valence-corrected chi connectivity index (χ3v) is 6.97. The van der Waals surface area contributed by atoms with E-state index in [1.54, 1.807) is 23.5 Å². The fraction of sp³-hybridized carbons (Fsp3) is 0.231. The van der Waals surface area contributed by atoms with E-state index in [0.29, 0.717) is 6.54 Å². The smallest absolute Gasteiger partial charge is 0.223 e. The average molecular weight is 482 g/mol. The number of nitrogens with zero attached hydrogens (tertiary/aromatic N) is 2. The molecule has 0 bridgehead atoms. The topological polar surface area (TPSA) is 45.2 Å². The van der Waals surface area contributed by atoms with Crippen LogP contribution in [-0.4, -0.2) is 24.0 Å². The minimum Gasteiger partial charge on any atom is -0.370 e. The number of hydrogen-bond acceptors (Lipinski definition) is 4. The lowest BCUT2D eigenvalue weighted by atomic mass is 9.95. The number of piperidine rings is 1. The van der Waals surface area contributed by atoms with E-state index in [1.165, 1.54) is 22.5 Å². The van der Waals surface area contributed by atoms with Crippen LogP contribution in [0.1, 0.15) is 18.4 Å². The van der Waals surface area contributed by atoms with Crippen molar-refractivity contribution in [2.24, 2.45) is 5.92 Å². The van der Waals surface area contributed by atoms with Crippen LogP contribution in [0.15, 0.2) is 72.1 Å². The lowest BCUT2D eigenvalue weighted by Crippen LogP contribution is -2.40. The second-order valence-corrected chi connectivity index (χ2v) is 9.05. The van der Waals surface area contributed by atoms with E-state index < -0.39 is 0 Å². The average Bonchev–Trinajstić information content (AvgIpc) is 3.32. The van der Waals surface area contributed by atoms with Gasteiger partial charge in [-0.25, -0.2) is 9.37 Å². The molecule has 1 N–H and O–H groups in total. The molecular weight excluding hydrogens is 457 g/mol. The lowest BCUT2D eigenvalue weighted by Gasteiger charge is -2.33. The number of amides is 1. The second-order valence-electron chi connectivity index (χ2n) is 8.13. The quantitative estimate of drug-likeness (QED) is 0.377. The third-order valence-electron chi connectivity index (χ3n) is 6.05. The van der Waals surface area contributed by atoms with Crippen LogP contribution < -0.4 is 10.2 Å². The number of fused-ring (bicyclic) bond motifs is 1. The zero-order valence-corrected chi connectivity index (χ0v) is 19.7. The summed E-state index contributed by atoms with van der Waals surface area (Å²) in [5.74, 6) is -0.185. The molecule has 1 aliphatic heterocycles.